The summed E-state index contributed by atoms with van der Waals surface area (Å²) in [5, 5.41) is 7.08. The summed E-state index contributed by atoms with van der Waals surface area (Å²) in [7, 11) is 1.72. The first-order chi connectivity index (χ1) is 9.72. The Morgan fingerprint density at radius 3 is 2.90 bits per heavy atom. The second kappa shape index (κ2) is 7.59. The predicted octanol–water partition coefficient (Wildman–Crippen LogP) is 1.92. The molecule has 2 heterocycles. The summed E-state index contributed by atoms with van der Waals surface area (Å²) in [4.78, 5) is 19.7. The van der Waals surface area contributed by atoms with Gasteiger partial charge >= 0.3 is 0 Å². The number of rotatable bonds is 6. The van der Waals surface area contributed by atoms with Gasteiger partial charge in [0.2, 0.25) is 5.91 Å². The Bertz CT molecular complexity index is 427. The van der Waals surface area contributed by atoms with Gasteiger partial charge in [0.1, 0.15) is 0 Å². The van der Waals surface area contributed by atoms with E-state index < -0.39 is 0 Å². The van der Waals surface area contributed by atoms with Gasteiger partial charge in [-0.15, -0.1) is 11.3 Å². The first kappa shape index (κ1) is 15.3. The van der Waals surface area contributed by atoms with Crippen LogP contribution in [0.4, 0.5) is 5.13 Å². The van der Waals surface area contributed by atoms with E-state index in [1.165, 1.54) is 4.88 Å². The standard InChI is InChI=1S/C14H24N4OS/c1-3-6-16-14-17-9-12(20-14)10-18-7-4-11(5-8-18)13(19)15-2/h9,11H,3-8,10H2,1-2H3,(H,15,19)(H,16,17). The maximum Gasteiger partial charge on any atom is 0.222 e. The van der Waals surface area contributed by atoms with Gasteiger partial charge in [0, 0.05) is 37.1 Å². The van der Waals surface area contributed by atoms with Crippen molar-refractivity contribution in [1.82, 2.24) is 15.2 Å². The topological polar surface area (TPSA) is 57.3 Å². The number of hydrogen-bond acceptors (Lipinski definition) is 5. The quantitative estimate of drug-likeness (QED) is 0.842. The minimum Gasteiger partial charge on any atom is -0.362 e. The van der Waals surface area contributed by atoms with Crippen molar-refractivity contribution in [2.24, 2.45) is 5.92 Å². The maximum absolute atomic E-state index is 11.6. The summed E-state index contributed by atoms with van der Waals surface area (Å²) in [5.41, 5.74) is 0. The minimum absolute atomic E-state index is 0.188. The van der Waals surface area contributed by atoms with E-state index in [1.54, 1.807) is 18.4 Å². The molecule has 1 aromatic heterocycles. The highest BCUT2D eigenvalue weighted by molar-refractivity contribution is 7.15. The first-order valence-corrected chi connectivity index (χ1v) is 8.17. The van der Waals surface area contributed by atoms with Crippen molar-refractivity contribution < 1.29 is 4.79 Å². The van der Waals surface area contributed by atoms with Crippen molar-refractivity contribution >= 4 is 22.4 Å². The minimum atomic E-state index is 0.188. The molecule has 2 rings (SSSR count). The zero-order valence-electron chi connectivity index (χ0n) is 12.3. The fraction of sp³-hybridized carbons (Fsp3) is 0.714. The molecule has 0 aromatic carbocycles. The molecular formula is C14H24N4OS. The Morgan fingerprint density at radius 2 is 2.25 bits per heavy atom. The maximum atomic E-state index is 11.6. The van der Waals surface area contributed by atoms with Crippen LogP contribution in [0.15, 0.2) is 6.20 Å². The molecule has 0 unspecified atom stereocenters. The zero-order chi connectivity index (χ0) is 14.4. The highest BCUT2D eigenvalue weighted by atomic mass is 32.1. The lowest BCUT2D eigenvalue weighted by Crippen LogP contribution is -2.39. The van der Waals surface area contributed by atoms with Gasteiger partial charge in [0.15, 0.2) is 5.13 Å². The second-order valence-electron chi connectivity index (χ2n) is 5.22. The number of piperidine rings is 1. The summed E-state index contributed by atoms with van der Waals surface area (Å²) in [6.07, 6.45) is 4.99. The number of carbonyl (C=O) groups is 1. The third-order valence-electron chi connectivity index (χ3n) is 3.66. The fourth-order valence-electron chi connectivity index (χ4n) is 2.47. The van der Waals surface area contributed by atoms with Crippen LogP contribution in [-0.2, 0) is 11.3 Å². The van der Waals surface area contributed by atoms with Crippen LogP contribution in [0.2, 0.25) is 0 Å². The number of amides is 1. The summed E-state index contributed by atoms with van der Waals surface area (Å²) in [5.74, 6) is 0.382. The van der Waals surface area contributed by atoms with E-state index in [9.17, 15) is 4.79 Å². The van der Waals surface area contributed by atoms with Crippen LogP contribution in [0.5, 0.6) is 0 Å². The molecule has 0 bridgehead atoms. The van der Waals surface area contributed by atoms with Crippen LogP contribution in [0, 0.1) is 5.92 Å². The number of likely N-dealkylation sites (tertiary alicyclic amines) is 1. The lowest BCUT2D eigenvalue weighted by atomic mass is 9.96. The molecule has 112 valence electrons. The average molecular weight is 296 g/mol. The van der Waals surface area contributed by atoms with E-state index in [0.717, 1.165) is 50.6 Å². The molecule has 0 atom stereocenters. The van der Waals surface area contributed by atoms with Gasteiger partial charge in [-0.1, -0.05) is 6.92 Å². The van der Waals surface area contributed by atoms with Gasteiger partial charge in [-0.3, -0.25) is 9.69 Å². The fourth-order valence-corrected chi connectivity index (χ4v) is 3.35. The Hall–Kier alpha value is -1.14. The molecule has 1 fully saturated rings. The molecule has 1 aliphatic heterocycles. The molecule has 0 radical (unpaired) electrons. The number of carbonyl (C=O) groups excluding carboxylic acids is 1. The van der Waals surface area contributed by atoms with E-state index >= 15 is 0 Å². The van der Waals surface area contributed by atoms with Gasteiger partial charge in [0.25, 0.3) is 0 Å². The van der Waals surface area contributed by atoms with Crippen LogP contribution in [0.25, 0.3) is 0 Å². The van der Waals surface area contributed by atoms with E-state index in [-0.39, 0.29) is 11.8 Å². The Kier molecular flexibility index (Phi) is 5.79. The molecule has 6 heteroatoms. The van der Waals surface area contributed by atoms with Crippen molar-refractivity contribution in [2.45, 2.75) is 32.7 Å². The molecule has 1 aliphatic rings. The molecule has 0 aliphatic carbocycles. The monoisotopic (exact) mass is 296 g/mol. The largest absolute Gasteiger partial charge is 0.362 e. The molecule has 1 aromatic rings. The number of hydrogen-bond donors (Lipinski definition) is 2. The van der Waals surface area contributed by atoms with Gasteiger partial charge < -0.3 is 10.6 Å². The molecule has 20 heavy (non-hydrogen) atoms. The molecule has 0 spiro atoms. The van der Waals surface area contributed by atoms with Crippen molar-refractivity contribution in [3.63, 3.8) is 0 Å². The van der Waals surface area contributed by atoms with Crippen molar-refractivity contribution in [2.75, 3.05) is 32.0 Å². The van der Waals surface area contributed by atoms with E-state index in [2.05, 4.69) is 27.4 Å². The third kappa shape index (κ3) is 4.18. The molecular weight excluding hydrogens is 272 g/mol. The van der Waals surface area contributed by atoms with Crippen molar-refractivity contribution in [3.8, 4) is 0 Å². The van der Waals surface area contributed by atoms with Crippen LogP contribution in [0.1, 0.15) is 31.1 Å². The third-order valence-corrected chi connectivity index (χ3v) is 4.60. The van der Waals surface area contributed by atoms with Gasteiger partial charge in [-0.25, -0.2) is 4.98 Å². The SMILES string of the molecule is CCCNc1ncc(CN2CCC(C(=O)NC)CC2)s1. The summed E-state index contributed by atoms with van der Waals surface area (Å²) < 4.78 is 0. The van der Waals surface area contributed by atoms with Gasteiger partial charge in [-0.05, 0) is 32.4 Å². The summed E-state index contributed by atoms with van der Waals surface area (Å²) >= 11 is 1.73. The molecule has 2 N–H and O–H groups in total. The normalized spacial score (nSPS) is 17.1. The van der Waals surface area contributed by atoms with Crippen LogP contribution >= 0.6 is 11.3 Å². The van der Waals surface area contributed by atoms with E-state index in [4.69, 9.17) is 0 Å². The molecule has 1 amide bonds. The number of nitrogens with one attached hydrogen (secondary N) is 2. The van der Waals surface area contributed by atoms with Crippen LogP contribution < -0.4 is 10.6 Å². The first-order valence-electron chi connectivity index (χ1n) is 7.35. The Balaban J connectivity index is 1.77. The van der Waals surface area contributed by atoms with E-state index in [1.807, 2.05) is 6.20 Å². The second-order valence-corrected chi connectivity index (χ2v) is 6.34. The van der Waals surface area contributed by atoms with E-state index in [0.29, 0.717) is 0 Å². The zero-order valence-corrected chi connectivity index (χ0v) is 13.1. The van der Waals surface area contributed by atoms with Gasteiger partial charge in [-0.2, -0.15) is 0 Å². The lowest BCUT2D eigenvalue weighted by Gasteiger charge is -2.30. The van der Waals surface area contributed by atoms with Crippen LogP contribution in [0.3, 0.4) is 0 Å². The molecule has 0 saturated carbocycles. The summed E-state index contributed by atoms with van der Waals surface area (Å²) in [6.45, 7) is 6.07. The number of aromatic nitrogens is 1. The lowest BCUT2D eigenvalue weighted by molar-refractivity contribution is -0.125. The smallest absolute Gasteiger partial charge is 0.222 e. The highest BCUT2D eigenvalue weighted by Gasteiger charge is 2.24. The molecule has 1 saturated heterocycles. The average Bonchev–Trinajstić information content (AvgIpc) is 2.92. The van der Waals surface area contributed by atoms with Crippen LogP contribution in [-0.4, -0.2) is 42.5 Å². The van der Waals surface area contributed by atoms with Gasteiger partial charge in [0.05, 0.1) is 0 Å². The van der Waals surface area contributed by atoms with Crippen molar-refractivity contribution in [3.05, 3.63) is 11.1 Å². The predicted molar refractivity (Wildman–Crippen MR) is 83.0 cm³/mol. The number of anilines is 1. The van der Waals surface area contributed by atoms with Crippen molar-refractivity contribution in [1.29, 1.82) is 0 Å². The highest BCUT2D eigenvalue weighted by Crippen LogP contribution is 2.23. The summed E-state index contributed by atoms with van der Waals surface area (Å²) in [6, 6.07) is 0. The Labute approximate surface area is 124 Å². The molecule has 5 nitrogen and oxygen atoms in total. The number of thiazole rings is 1. The number of nitrogens with zero attached hydrogens (tertiary/aromatic N) is 2. The Morgan fingerprint density at radius 1 is 1.50 bits per heavy atom.